The summed E-state index contributed by atoms with van der Waals surface area (Å²) in [6.45, 7) is -0.164. The predicted octanol–water partition coefficient (Wildman–Crippen LogP) is 2.47. The first-order valence-corrected chi connectivity index (χ1v) is 7.30. The van der Waals surface area contributed by atoms with Gasteiger partial charge in [0.05, 0.1) is 6.21 Å². The van der Waals surface area contributed by atoms with Crippen molar-refractivity contribution in [1.82, 2.24) is 10.4 Å². The van der Waals surface area contributed by atoms with Crippen LogP contribution in [0.15, 0.2) is 65.9 Å². The van der Waals surface area contributed by atoms with E-state index in [1.165, 1.54) is 6.21 Å². The molecule has 0 saturated carbocycles. The Morgan fingerprint density at radius 1 is 1.17 bits per heavy atom. The topological polar surface area (TPSA) is 83.8 Å². The van der Waals surface area contributed by atoms with Gasteiger partial charge in [-0.1, -0.05) is 18.2 Å². The quantitative estimate of drug-likeness (QED) is 0.558. The molecule has 0 radical (unpaired) electrons. The molecule has 2 aromatic carbocycles. The largest absolute Gasteiger partial charge is 0.508 e. The first-order valence-electron chi connectivity index (χ1n) is 7.30. The SMILES string of the molecule is O=C(COc1cccc2cccnc12)N/N=C\c1ccc(O)cc1. The number of nitrogens with zero attached hydrogens (tertiary/aromatic N) is 2. The molecule has 2 N–H and O–H groups in total. The lowest BCUT2D eigenvalue weighted by atomic mass is 10.2. The van der Waals surface area contributed by atoms with Crippen molar-refractivity contribution in [2.75, 3.05) is 6.61 Å². The summed E-state index contributed by atoms with van der Waals surface area (Å²) in [6.07, 6.45) is 3.16. The Kier molecular flexibility index (Phi) is 4.67. The van der Waals surface area contributed by atoms with E-state index in [9.17, 15) is 9.90 Å². The second-order valence-corrected chi connectivity index (χ2v) is 5.00. The van der Waals surface area contributed by atoms with Gasteiger partial charge in [0.25, 0.3) is 5.91 Å². The third kappa shape index (κ3) is 3.86. The summed E-state index contributed by atoms with van der Waals surface area (Å²) in [6, 6.07) is 15.8. The molecule has 0 aliphatic heterocycles. The molecule has 3 rings (SSSR count). The molecule has 1 aromatic heterocycles. The number of aromatic nitrogens is 1. The van der Waals surface area contributed by atoms with Crippen LogP contribution in [0, 0.1) is 0 Å². The number of carbonyl (C=O) groups is 1. The molecule has 6 nitrogen and oxygen atoms in total. The van der Waals surface area contributed by atoms with Gasteiger partial charge in [0.2, 0.25) is 0 Å². The molecule has 0 atom stereocenters. The van der Waals surface area contributed by atoms with Gasteiger partial charge in [-0.25, -0.2) is 5.43 Å². The van der Waals surface area contributed by atoms with Crippen LogP contribution >= 0.6 is 0 Å². The molecule has 6 heteroatoms. The minimum absolute atomic E-state index is 0.164. The number of rotatable bonds is 5. The highest BCUT2D eigenvalue weighted by molar-refractivity contribution is 5.85. The number of fused-ring (bicyclic) bond motifs is 1. The van der Waals surface area contributed by atoms with Crippen molar-refractivity contribution in [1.29, 1.82) is 0 Å². The van der Waals surface area contributed by atoms with Crippen LogP contribution in [0.5, 0.6) is 11.5 Å². The van der Waals surface area contributed by atoms with E-state index in [4.69, 9.17) is 4.74 Å². The van der Waals surface area contributed by atoms with Gasteiger partial charge < -0.3 is 9.84 Å². The highest BCUT2D eigenvalue weighted by atomic mass is 16.5. The maximum absolute atomic E-state index is 11.8. The summed E-state index contributed by atoms with van der Waals surface area (Å²) >= 11 is 0. The van der Waals surface area contributed by atoms with Gasteiger partial charge in [0.1, 0.15) is 17.0 Å². The van der Waals surface area contributed by atoms with Gasteiger partial charge in [-0.15, -0.1) is 0 Å². The zero-order chi connectivity index (χ0) is 16.8. The second-order valence-electron chi connectivity index (χ2n) is 5.00. The highest BCUT2D eigenvalue weighted by Crippen LogP contribution is 2.22. The molecule has 0 aliphatic carbocycles. The van der Waals surface area contributed by atoms with Crippen LogP contribution in [0.25, 0.3) is 10.9 Å². The normalized spacial score (nSPS) is 10.8. The van der Waals surface area contributed by atoms with Crippen LogP contribution < -0.4 is 10.2 Å². The Hall–Kier alpha value is -3.41. The molecule has 0 aliphatic rings. The average Bonchev–Trinajstić information content (AvgIpc) is 2.61. The van der Waals surface area contributed by atoms with Gasteiger partial charge in [0, 0.05) is 11.6 Å². The second kappa shape index (κ2) is 7.23. The summed E-state index contributed by atoms with van der Waals surface area (Å²) in [4.78, 5) is 16.0. The Morgan fingerprint density at radius 3 is 2.79 bits per heavy atom. The highest BCUT2D eigenvalue weighted by Gasteiger charge is 2.05. The van der Waals surface area contributed by atoms with E-state index in [0.717, 1.165) is 10.9 Å². The van der Waals surface area contributed by atoms with Crippen molar-refractivity contribution in [3.8, 4) is 11.5 Å². The van der Waals surface area contributed by atoms with Gasteiger partial charge in [-0.3, -0.25) is 9.78 Å². The van der Waals surface area contributed by atoms with E-state index in [1.54, 1.807) is 36.5 Å². The van der Waals surface area contributed by atoms with Crippen molar-refractivity contribution < 1.29 is 14.6 Å². The van der Waals surface area contributed by atoms with Crippen LogP contribution in [-0.4, -0.2) is 28.8 Å². The van der Waals surface area contributed by atoms with Crippen LogP contribution in [0.2, 0.25) is 0 Å². The molecule has 3 aromatic rings. The van der Waals surface area contributed by atoms with Crippen molar-refractivity contribution in [2.24, 2.45) is 5.10 Å². The van der Waals surface area contributed by atoms with E-state index in [-0.39, 0.29) is 18.3 Å². The van der Waals surface area contributed by atoms with Gasteiger partial charge in [-0.05, 0) is 42.0 Å². The molecule has 1 amide bonds. The molecule has 1 heterocycles. The van der Waals surface area contributed by atoms with Crippen molar-refractivity contribution >= 4 is 23.0 Å². The minimum atomic E-state index is -0.377. The lowest BCUT2D eigenvalue weighted by Crippen LogP contribution is -2.24. The number of phenols is 1. The molecule has 24 heavy (non-hydrogen) atoms. The number of nitrogens with one attached hydrogen (secondary N) is 1. The maximum atomic E-state index is 11.8. The fraction of sp³-hybridized carbons (Fsp3) is 0.0556. The van der Waals surface area contributed by atoms with Crippen LogP contribution in [-0.2, 0) is 4.79 Å². The molecule has 0 unspecified atom stereocenters. The monoisotopic (exact) mass is 321 g/mol. The molecule has 0 spiro atoms. The fourth-order valence-corrected chi connectivity index (χ4v) is 2.11. The first-order chi connectivity index (χ1) is 11.7. The number of carbonyl (C=O) groups excluding carboxylic acids is 1. The van der Waals surface area contributed by atoms with Gasteiger partial charge >= 0.3 is 0 Å². The van der Waals surface area contributed by atoms with E-state index in [1.807, 2.05) is 24.3 Å². The summed E-state index contributed by atoms with van der Waals surface area (Å²) < 4.78 is 5.52. The van der Waals surface area contributed by atoms with E-state index < -0.39 is 0 Å². The molecule has 0 fully saturated rings. The number of hydrogen-bond donors (Lipinski definition) is 2. The van der Waals surface area contributed by atoms with Crippen LogP contribution in [0.4, 0.5) is 0 Å². The number of amides is 1. The number of pyridine rings is 1. The number of benzene rings is 2. The van der Waals surface area contributed by atoms with Crippen molar-refractivity contribution in [2.45, 2.75) is 0 Å². The number of phenolic OH excluding ortho intramolecular Hbond substituents is 1. The van der Waals surface area contributed by atoms with Crippen molar-refractivity contribution in [3.05, 3.63) is 66.4 Å². The molecule has 0 bridgehead atoms. The molecule has 120 valence electrons. The zero-order valence-electron chi connectivity index (χ0n) is 12.7. The van der Waals surface area contributed by atoms with Crippen LogP contribution in [0.1, 0.15) is 5.56 Å². The lowest BCUT2D eigenvalue weighted by molar-refractivity contribution is -0.123. The summed E-state index contributed by atoms with van der Waals surface area (Å²) in [7, 11) is 0. The maximum Gasteiger partial charge on any atom is 0.277 e. The standard InChI is InChI=1S/C18H15N3O3/c22-15-8-6-13(7-9-15)11-20-21-17(23)12-24-16-5-1-3-14-4-2-10-19-18(14)16/h1-11,22H,12H2,(H,21,23)/b20-11-. The fourth-order valence-electron chi connectivity index (χ4n) is 2.11. The number of ether oxygens (including phenoxy) is 1. The van der Waals surface area contributed by atoms with Crippen molar-refractivity contribution in [3.63, 3.8) is 0 Å². The summed E-state index contributed by atoms with van der Waals surface area (Å²) in [5, 5.41) is 14.0. The number of para-hydroxylation sites is 1. The lowest BCUT2D eigenvalue weighted by Gasteiger charge is -2.07. The Labute approximate surface area is 138 Å². The van der Waals surface area contributed by atoms with E-state index in [2.05, 4.69) is 15.5 Å². The Morgan fingerprint density at radius 2 is 1.96 bits per heavy atom. The molecular formula is C18H15N3O3. The number of hydrogen-bond acceptors (Lipinski definition) is 5. The number of aromatic hydroxyl groups is 1. The third-order valence-electron chi connectivity index (χ3n) is 3.25. The number of hydrazone groups is 1. The molecule has 0 saturated heterocycles. The van der Waals surface area contributed by atoms with Crippen LogP contribution in [0.3, 0.4) is 0 Å². The smallest absolute Gasteiger partial charge is 0.277 e. The first kappa shape index (κ1) is 15.5. The van der Waals surface area contributed by atoms with E-state index in [0.29, 0.717) is 11.3 Å². The zero-order valence-corrected chi connectivity index (χ0v) is 12.7. The Bertz CT molecular complexity index is 871. The van der Waals surface area contributed by atoms with Gasteiger partial charge in [-0.2, -0.15) is 5.10 Å². The van der Waals surface area contributed by atoms with Gasteiger partial charge in [0.15, 0.2) is 6.61 Å². The minimum Gasteiger partial charge on any atom is -0.508 e. The molecular weight excluding hydrogens is 306 g/mol. The predicted molar refractivity (Wildman–Crippen MR) is 91.1 cm³/mol. The third-order valence-corrected chi connectivity index (χ3v) is 3.25. The van der Waals surface area contributed by atoms with E-state index >= 15 is 0 Å². The summed E-state index contributed by atoms with van der Waals surface area (Å²) in [5.74, 6) is 0.344. The average molecular weight is 321 g/mol. The Balaban J connectivity index is 1.56. The summed E-state index contributed by atoms with van der Waals surface area (Å²) in [5.41, 5.74) is 3.85.